The van der Waals surface area contributed by atoms with Gasteiger partial charge in [0.1, 0.15) is 5.60 Å². The van der Waals surface area contributed by atoms with E-state index in [-0.39, 0.29) is 30.7 Å². The molecule has 1 fully saturated rings. The van der Waals surface area contributed by atoms with Crippen LogP contribution in [0.5, 0.6) is 0 Å². The Morgan fingerprint density at radius 3 is 2.34 bits per heavy atom. The number of aromatic carboxylic acids is 1. The Morgan fingerprint density at radius 1 is 1.24 bits per heavy atom. The molecule has 0 spiro atoms. The first-order valence-corrected chi connectivity index (χ1v) is 10.2. The Labute approximate surface area is 190 Å². The number of nitrogens with zero attached hydrogens (tertiary/aromatic N) is 2. The van der Waals surface area contributed by atoms with Gasteiger partial charge in [0.05, 0.1) is 23.9 Å². The summed E-state index contributed by atoms with van der Waals surface area (Å²) in [6.07, 6.45) is -0.305. The minimum Gasteiger partial charge on any atom is -0.478 e. The molecule has 1 N–H and O–H groups in total. The minimum absolute atomic E-state index is 0. The van der Waals surface area contributed by atoms with Crippen molar-refractivity contribution in [3.8, 4) is 0 Å². The molecule has 0 aliphatic carbocycles. The fourth-order valence-electron chi connectivity index (χ4n) is 2.83. The van der Waals surface area contributed by atoms with Gasteiger partial charge in [-0.1, -0.05) is 11.6 Å². The number of rotatable bonds is 5. The van der Waals surface area contributed by atoms with Crippen molar-refractivity contribution in [3.05, 3.63) is 32.3 Å². The van der Waals surface area contributed by atoms with E-state index in [1.54, 1.807) is 11.8 Å². The van der Waals surface area contributed by atoms with Crippen LogP contribution in [0.2, 0.25) is 5.02 Å². The average Bonchev–Trinajstić information content (AvgIpc) is 2.60. The maximum Gasteiger partial charge on any atom is 0.410 e. The number of hydrogen-bond donors (Lipinski definition) is 1. The van der Waals surface area contributed by atoms with E-state index in [1.165, 1.54) is 6.07 Å². The fraction of sp³-hybridized carbons (Fsp3) is 0.579. The highest BCUT2D eigenvalue weighted by Crippen LogP contribution is 2.31. The van der Waals surface area contributed by atoms with E-state index in [2.05, 4.69) is 20.8 Å². The molecule has 164 valence electrons. The number of halogens is 3. The summed E-state index contributed by atoms with van der Waals surface area (Å²) in [7, 11) is 0. The molecule has 2 rings (SSSR count). The number of carbonyl (C=O) groups is 2. The standard InChI is InChI=1S/C19H26BrClN2O5.ClH/c1-12-14(13(17(24)25)9-15(21)16(12)20)10-27-11-22-5-7-23(8-6-22)18(26)28-19(2,3)4;/h9H,5-8,10-11H2,1-4H3,(H,24,25);1H. The largest absolute Gasteiger partial charge is 0.478 e. The Balaban J connectivity index is 0.00000420. The number of carboxylic acids is 1. The van der Waals surface area contributed by atoms with Crippen molar-refractivity contribution < 1.29 is 24.2 Å². The molecule has 1 heterocycles. The van der Waals surface area contributed by atoms with Gasteiger partial charge in [0.2, 0.25) is 0 Å². The van der Waals surface area contributed by atoms with E-state index < -0.39 is 11.6 Å². The Morgan fingerprint density at radius 2 is 1.83 bits per heavy atom. The Hall–Kier alpha value is -1.06. The molecular formula is C19H27BrCl2N2O5. The van der Waals surface area contributed by atoms with Crippen LogP contribution in [-0.4, -0.2) is 65.5 Å². The van der Waals surface area contributed by atoms with Gasteiger partial charge in [0.15, 0.2) is 0 Å². The SMILES string of the molecule is Cc1c(Br)c(Cl)cc(C(=O)O)c1COCN1CCN(C(=O)OC(C)(C)C)CC1.Cl. The van der Waals surface area contributed by atoms with Crippen LogP contribution < -0.4 is 0 Å². The fourth-order valence-corrected chi connectivity index (χ4v) is 3.44. The molecule has 1 amide bonds. The van der Waals surface area contributed by atoms with Crippen molar-refractivity contribution >= 4 is 52.0 Å². The zero-order chi connectivity index (χ0) is 21.1. The third-order valence-corrected chi connectivity index (χ3v) is 5.91. The van der Waals surface area contributed by atoms with E-state index >= 15 is 0 Å². The Bertz CT molecular complexity index is 747. The third-order valence-electron chi connectivity index (χ3n) is 4.36. The van der Waals surface area contributed by atoms with Crippen LogP contribution in [0.15, 0.2) is 10.5 Å². The average molecular weight is 514 g/mol. The first-order valence-electron chi connectivity index (χ1n) is 8.98. The highest BCUT2D eigenvalue weighted by molar-refractivity contribution is 9.10. The van der Waals surface area contributed by atoms with Crippen LogP contribution in [0.1, 0.15) is 42.3 Å². The van der Waals surface area contributed by atoms with E-state index in [1.807, 2.05) is 20.8 Å². The molecule has 1 aromatic rings. The second kappa shape index (κ2) is 10.8. The summed E-state index contributed by atoms with van der Waals surface area (Å²) in [6.45, 7) is 10.3. The molecule has 1 aliphatic heterocycles. The van der Waals surface area contributed by atoms with Gasteiger partial charge in [-0.15, -0.1) is 12.4 Å². The van der Waals surface area contributed by atoms with E-state index in [4.69, 9.17) is 21.1 Å². The number of hydrogen-bond acceptors (Lipinski definition) is 5. The second-order valence-electron chi connectivity index (χ2n) is 7.69. The minimum atomic E-state index is -1.04. The van der Waals surface area contributed by atoms with E-state index in [0.29, 0.717) is 48.0 Å². The molecule has 10 heteroatoms. The number of benzene rings is 1. The predicted octanol–water partition coefficient (Wildman–Crippen LogP) is 4.56. The molecular weight excluding hydrogens is 487 g/mol. The molecule has 0 radical (unpaired) electrons. The van der Waals surface area contributed by atoms with Crippen molar-refractivity contribution in [2.45, 2.75) is 39.9 Å². The summed E-state index contributed by atoms with van der Waals surface area (Å²) in [4.78, 5) is 27.4. The highest BCUT2D eigenvalue weighted by atomic mass is 79.9. The quantitative estimate of drug-likeness (QED) is 0.621. The lowest BCUT2D eigenvalue weighted by Gasteiger charge is -2.35. The lowest BCUT2D eigenvalue weighted by atomic mass is 10.0. The molecule has 7 nitrogen and oxygen atoms in total. The zero-order valence-corrected chi connectivity index (χ0v) is 20.1. The van der Waals surface area contributed by atoms with Crippen LogP contribution in [0, 0.1) is 6.92 Å². The van der Waals surface area contributed by atoms with Gasteiger partial charge in [-0.3, -0.25) is 4.90 Å². The molecule has 0 bridgehead atoms. The molecule has 1 aliphatic rings. The molecule has 1 aromatic carbocycles. The van der Waals surface area contributed by atoms with E-state index in [0.717, 1.165) is 5.56 Å². The van der Waals surface area contributed by atoms with Gasteiger partial charge in [-0.2, -0.15) is 0 Å². The van der Waals surface area contributed by atoms with Gasteiger partial charge in [0, 0.05) is 30.7 Å². The van der Waals surface area contributed by atoms with Gasteiger partial charge >= 0.3 is 12.1 Å². The number of ether oxygens (including phenoxy) is 2. The van der Waals surface area contributed by atoms with Crippen molar-refractivity contribution in [2.24, 2.45) is 0 Å². The molecule has 0 saturated carbocycles. The summed E-state index contributed by atoms with van der Waals surface area (Å²) < 4.78 is 11.8. The van der Waals surface area contributed by atoms with Crippen LogP contribution in [0.4, 0.5) is 4.79 Å². The van der Waals surface area contributed by atoms with Gasteiger partial charge < -0.3 is 19.5 Å². The number of carboxylic acid groups (broad SMARTS) is 1. The van der Waals surface area contributed by atoms with Crippen LogP contribution in [0.25, 0.3) is 0 Å². The summed E-state index contributed by atoms with van der Waals surface area (Å²) in [5, 5.41) is 9.78. The monoisotopic (exact) mass is 512 g/mol. The van der Waals surface area contributed by atoms with Crippen LogP contribution >= 0.6 is 39.9 Å². The maximum absolute atomic E-state index is 12.1. The number of amides is 1. The molecule has 0 atom stereocenters. The third kappa shape index (κ3) is 7.29. The molecule has 29 heavy (non-hydrogen) atoms. The highest BCUT2D eigenvalue weighted by Gasteiger charge is 2.26. The van der Waals surface area contributed by atoms with Crippen LogP contribution in [0.3, 0.4) is 0 Å². The first kappa shape index (κ1) is 26.0. The summed E-state index contributed by atoms with van der Waals surface area (Å²) in [5.74, 6) is -1.04. The van der Waals surface area contributed by atoms with Crippen molar-refractivity contribution in [1.29, 1.82) is 0 Å². The van der Waals surface area contributed by atoms with Crippen molar-refractivity contribution in [2.75, 3.05) is 32.9 Å². The van der Waals surface area contributed by atoms with Crippen molar-refractivity contribution in [1.82, 2.24) is 9.80 Å². The summed E-state index contributed by atoms with van der Waals surface area (Å²) in [6, 6.07) is 1.43. The van der Waals surface area contributed by atoms with Crippen molar-refractivity contribution in [3.63, 3.8) is 0 Å². The van der Waals surface area contributed by atoms with Gasteiger partial charge in [-0.05, 0) is 60.8 Å². The smallest absolute Gasteiger partial charge is 0.410 e. The van der Waals surface area contributed by atoms with Crippen LogP contribution in [-0.2, 0) is 16.1 Å². The van der Waals surface area contributed by atoms with Gasteiger partial charge in [-0.25, -0.2) is 9.59 Å². The van der Waals surface area contributed by atoms with Gasteiger partial charge in [0.25, 0.3) is 0 Å². The Kier molecular flexibility index (Phi) is 9.69. The first-order chi connectivity index (χ1) is 13.0. The predicted molar refractivity (Wildman–Crippen MR) is 117 cm³/mol. The lowest BCUT2D eigenvalue weighted by molar-refractivity contribution is -0.0183. The summed E-state index contributed by atoms with van der Waals surface area (Å²) >= 11 is 9.45. The maximum atomic E-state index is 12.1. The zero-order valence-electron chi connectivity index (χ0n) is 17.0. The second-order valence-corrected chi connectivity index (χ2v) is 8.89. The normalized spacial score (nSPS) is 15.0. The summed E-state index contributed by atoms with van der Waals surface area (Å²) in [5.41, 5.74) is 0.973. The number of carbonyl (C=O) groups excluding carboxylic acids is 1. The number of piperazine rings is 1. The molecule has 0 unspecified atom stereocenters. The van der Waals surface area contributed by atoms with E-state index in [9.17, 15) is 14.7 Å². The molecule has 1 saturated heterocycles. The molecule has 0 aromatic heterocycles. The topological polar surface area (TPSA) is 79.3 Å². The lowest BCUT2D eigenvalue weighted by Crippen LogP contribution is -2.50.